The Morgan fingerprint density at radius 1 is 0.875 bits per heavy atom. The summed E-state index contributed by atoms with van der Waals surface area (Å²) in [5, 5.41) is 0. The van der Waals surface area contributed by atoms with Crippen molar-refractivity contribution in [1.29, 1.82) is 0 Å². The van der Waals surface area contributed by atoms with Crippen molar-refractivity contribution in [2.75, 3.05) is 20.8 Å². The predicted octanol–water partition coefficient (Wildman–Crippen LogP) is 4.33. The van der Waals surface area contributed by atoms with Crippen molar-refractivity contribution in [2.24, 2.45) is 0 Å². The molecule has 1 aromatic heterocycles. The van der Waals surface area contributed by atoms with Gasteiger partial charge < -0.3 is 18.8 Å². The first-order valence-electron chi connectivity index (χ1n) is 10.5. The molecule has 6 heteroatoms. The Kier molecular flexibility index (Phi) is 7.71. The van der Waals surface area contributed by atoms with E-state index in [1.54, 1.807) is 31.4 Å². The molecule has 32 heavy (non-hydrogen) atoms. The minimum Gasteiger partial charge on any atom is -0.497 e. The van der Waals surface area contributed by atoms with Crippen molar-refractivity contribution < 1.29 is 23.8 Å². The van der Waals surface area contributed by atoms with Gasteiger partial charge in [-0.1, -0.05) is 24.3 Å². The number of esters is 1. The van der Waals surface area contributed by atoms with E-state index in [2.05, 4.69) is 21.4 Å². The lowest BCUT2D eigenvalue weighted by Crippen LogP contribution is -2.13. The summed E-state index contributed by atoms with van der Waals surface area (Å²) in [7, 11) is 3.02. The maximum absolute atomic E-state index is 12.8. The number of aromatic nitrogens is 1. The van der Waals surface area contributed by atoms with Gasteiger partial charge >= 0.3 is 5.97 Å². The molecule has 168 valence electrons. The van der Waals surface area contributed by atoms with E-state index in [1.165, 1.54) is 12.7 Å². The van der Waals surface area contributed by atoms with Gasteiger partial charge in [0.15, 0.2) is 6.61 Å². The van der Waals surface area contributed by atoms with Crippen LogP contribution in [-0.4, -0.2) is 37.1 Å². The van der Waals surface area contributed by atoms with Crippen LogP contribution in [0.25, 0.3) is 0 Å². The first-order chi connectivity index (χ1) is 15.4. The smallest absolute Gasteiger partial charge is 0.309 e. The van der Waals surface area contributed by atoms with Crippen LogP contribution >= 0.6 is 0 Å². The van der Waals surface area contributed by atoms with Gasteiger partial charge in [0.2, 0.25) is 5.78 Å². The average Bonchev–Trinajstić information content (AvgIpc) is 3.10. The van der Waals surface area contributed by atoms with Gasteiger partial charge in [0.05, 0.1) is 20.6 Å². The number of Topliss-reactive ketones (excluding diaryl/α,β-unsaturated/α-hetero) is 1. The Balaban J connectivity index is 1.59. The van der Waals surface area contributed by atoms with E-state index in [0.29, 0.717) is 11.3 Å². The van der Waals surface area contributed by atoms with Crippen LogP contribution < -0.4 is 9.47 Å². The number of methoxy groups -OCH3 is 2. The third-order valence-corrected chi connectivity index (χ3v) is 5.53. The quantitative estimate of drug-likeness (QED) is 0.350. The van der Waals surface area contributed by atoms with Gasteiger partial charge in [0, 0.05) is 23.5 Å². The minimum atomic E-state index is -0.295. The SMILES string of the molecule is COC(=O)Cc1ccc(OCC(=O)c2cc(C)n(CCc3ccc(OC)cc3)c2C)cc1. The maximum Gasteiger partial charge on any atom is 0.309 e. The zero-order valence-corrected chi connectivity index (χ0v) is 19.0. The van der Waals surface area contributed by atoms with Crippen LogP contribution in [0, 0.1) is 13.8 Å². The second-order valence-electron chi connectivity index (χ2n) is 7.64. The van der Waals surface area contributed by atoms with Crippen molar-refractivity contribution >= 4 is 11.8 Å². The summed E-state index contributed by atoms with van der Waals surface area (Å²) in [5.74, 6) is 1.07. The van der Waals surface area contributed by atoms with Gasteiger partial charge in [-0.2, -0.15) is 0 Å². The molecule has 2 aromatic carbocycles. The Labute approximate surface area is 188 Å². The van der Waals surface area contributed by atoms with E-state index in [1.807, 2.05) is 32.0 Å². The highest BCUT2D eigenvalue weighted by Gasteiger charge is 2.16. The Morgan fingerprint density at radius 3 is 2.12 bits per heavy atom. The van der Waals surface area contributed by atoms with Gasteiger partial charge in [-0.05, 0) is 61.7 Å². The number of nitrogens with zero attached hydrogens (tertiary/aromatic N) is 1. The molecule has 0 aliphatic rings. The zero-order chi connectivity index (χ0) is 23.1. The second-order valence-corrected chi connectivity index (χ2v) is 7.64. The largest absolute Gasteiger partial charge is 0.497 e. The van der Waals surface area contributed by atoms with Crippen LogP contribution in [0.3, 0.4) is 0 Å². The minimum absolute atomic E-state index is 0.0425. The molecule has 0 spiro atoms. The molecule has 0 bridgehead atoms. The second kappa shape index (κ2) is 10.7. The Hall–Kier alpha value is -3.54. The van der Waals surface area contributed by atoms with E-state index >= 15 is 0 Å². The van der Waals surface area contributed by atoms with E-state index in [-0.39, 0.29) is 24.8 Å². The summed E-state index contributed by atoms with van der Waals surface area (Å²) in [6.45, 7) is 4.73. The van der Waals surface area contributed by atoms with Gasteiger partial charge in [-0.3, -0.25) is 9.59 Å². The molecular weight excluding hydrogens is 406 g/mol. The van der Waals surface area contributed by atoms with Crippen LogP contribution in [0.1, 0.15) is 32.9 Å². The molecule has 0 atom stereocenters. The van der Waals surface area contributed by atoms with Crippen molar-refractivity contribution in [1.82, 2.24) is 4.57 Å². The van der Waals surface area contributed by atoms with Gasteiger partial charge in [-0.25, -0.2) is 0 Å². The standard InChI is InChI=1S/C26H29NO5/c1-18-15-24(19(2)27(18)14-13-20-5-9-22(30-3)10-6-20)25(28)17-32-23-11-7-21(8-12-23)16-26(29)31-4/h5-12,15H,13-14,16-17H2,1-4H3. The summed E-state index contributed by atoms with van der Waals surface area (Å²) in [6.07, 6.45) is 1.07. The number of aryl methyl sites for hydroxylation is 2. The van der Waals surface area contributed by atoms with Crippen LogP contribution in [0.2, 0.25) is 0 Å². The van der Waals surface area contributed by atoms with Crippen LogP contribution in [0.5, 0.6) is 11.5 Å². The lowest BCUT2D eigenvalue weighted by atomic mass is 10.1. The summed E-state index contributed by atoms with van der Waals surface area (Å²) in [6, 6.07) is 17.1. The lowest BCUT2D eigenvalue weighted by molar-refractivity contribution is -0.139. The summed E-state index contributed by atoms with van der Waals surface area (Å²) in [5.41, 5.74) is 4.71. The molecule has 0 aliphatic heterocycles. The van der Waals surface area contributed by atoms with E-state index in [9.17, 15) is 9.59 Å². The number of hydrogen-bond acceptors (Lipinski definition) is 5. The van der Waals surface area contributed by atoms with E-state index in [0.717, 1.165) is 35.7 Å². The molecule has 0 saturated carbocycles. The van der Waals surface area contributed by atoms with Crippen molar-refractivity contribution in [3.05, 3.63) is 82.7 Å². The zero-order valence-electron chi connectivity index (χ0n) is 19.0. The normalized spacial score (nSPS) is 10.6. The molecule has 0 N–H and O–H groups in total. The number of benzene rings is 2. The van der Waals surface area contributed by atoms with Gasteiger partial charge in [0.25, 0.3) is 0 Å². The molecule has 0 aliphatic carbocycles. The third kappa shape index (κ3) is 5.78. The fourth-order valence-electron chi connectivity index (χ4n) is 3.63. The highest BCUT2D eigenvalue weighted by molar-refractivity contribution is 5.98. The Bertz CT molecular complexity index is 1060. The molecule has 1 heterocycles. The van der Waals surface area contributed by atoms with E-state index in [4.69, 9.17) is 9.47 Å². The maximum atomic E-state index is 12.8. The predicted molar refractivity (Wildman–Crippen MR) is 123 cm³/mol. The molecular formula is C26H29NO5. The van der Waals surface area contributed by atoms with Crippen LogP contribution in [0.4, 0.5) is 0 Å². The number of ether oxygens (including phenoxy) is 3. The van der Waals surface area contributed by atoms with Gasteiger partial charge in [-0.15, -0.1) is 0 Å². The molecule has 0 radical (unpaired) electrons. The van der Waals surface area contributed by atoms with Crippen molar-refractivity contribution in [3.8, 4) is 11.5 Å². The molecule has 0 saturated heterocycles. The molecule has 3 aromatic rings. The van der Waals surface area contributed by atoms with Gasteiger partial charge in [0.1, 0.15) is 11.5 Å². The topological polar surface area (TPSA) is 66.8 Å². The van der Waals surface area contributed by atoms with Crippen molar-refractivity contribution in [2.45, 2.75) is 33.2 Å². The van der Waals surface area contributed by atoms with Crippen LogP contribution in [0.15, 0.2) is 54.6 Å². The van der Waals surface area contributed by atoms with Crippen molar-refractivity contribution in [3.63, 3.8) is 0 Å². The molecule has 0 amide bonds. The summed E-state index contributed by atoms with van der Waals surface area (Å²) >= 11 is 0. The number of carbonyl (C=O) groups excluding carboxylic acids is 2. The number of hydrogen-bond donors (Lipinski definition) is 0. The molecule has 0 unspecified atom stereocenters. The highest BCUT2D eigenvalue weighted by Crippen LogP contribution is 2.19. The van der Waals surface area contributed by atoms with E-state index < -0.39 is 0 Å². The molecule has 3 rings (SSSR count). The summed E-state index contributed by atoms with van der Waals surface area (Å²) in [4.78, 5) is 24.1. The number of carbonyl (C=O) groups is 2. The third-order valence-electron chi connectivity index (χ3n) is 5.53. The number of rotatable bonds is 10. The average molecular weight is 436 g/mol. The fraction of sp³-hybridized carbons (Fsp3) is 0.308. The van der Waals surface area contributed by atoms with Crippen LogP contribution in [-0.2, 0) is 28.9 Å². The summed E-state index contributed by atoms with van der Waals surface area (Å²) < 4.78 is 17.7. The first-order valence-corrected chi connectivity index (χ1v) is 10.5. The highest BCUT2D eigenvalue weighted by atomic mass is 16.5. The number of ketones is 1. The Morgan fingerprint density at radius 2 is 1.50 bits per heavy atom. The lowest BCUT2D eigenvalue weighted by Gasteiger charge is -2.11. The molecule has 6 nitrogen and oxygen atoms in total. The monoisotopic (exact) mass is 435 g/mol. The first kappa shape index (κ1) is 23.1. The fourth-order valence-corrected chi connectivity index (χ4v) is 3.63. The molecule has 0 fully saturated rings.